The summed E-state index contributed by atoms with van der Waals surface area (Å²) in [6.45, 7) is 11.6. The molecule has 0 amide bonds. The van der Waals surface area contributed by atoms with Crippen LogP contribution in [0.1, 0.15) is 18.4 Å². The van der Waals surface area contributed by atoms with Crippen LogP contribution in [0.5, 0.6) is 0 Å². The van der Waals surface area contributed by atoms with E-state index in [1.54, 1.807) is 11.3 Å². The van der Waals surface area contributed by atoms with Crippen molar-refractivity contribution >= 4 is 28.0 Å². The van der Waals surface area contributed by atoms with E-state index in [2.05, 4.69) is 49.6 Å². The molecule has 0 saturated carbocycles. The molecule has 17 heavy (non-hydrogen) atoms. The summed E-state index contributed by atoms with van der Waals surface area (Å²) in [4.78, 5) is 0. The third-order valence-electron chi connectivity index (χ3n) is 2.66. The highest BCUT2D eigenvalue weighted by Crippen LogP contribution is 2.21. The van der Waals surface area contributed by atoms with E-state index in [0.29, 0.717) is 0 Å². The maximum atomic E-state index is 6.34. The second-order valence-corrected chi connectivity index (χ2v) is 16.2. The molecule has 0 aliphatic carbocycles. The van der Waals surface area contributed by atoms with Crippen LogP contribution in [0, 0.1) is 0 Å². The average molecular weight is 287 g/mol. The summed E-state index contributed by atoms with van der Waals surface area (Å²) in [6, 6.07) is 3.55. The lowest BCUT2D eigenvalue weighted by Crippen LogP contribution is -2.42. The molecule has 1 nitrogen and oxygen atoms in total. The van der Waals surface area contributed by atoms with Crippen molar-refractivity contribution in [2.24, 2.45) is 0 Å². The van der Waals surface area contributed by atoms with Gasteiger partial charge in [-0.15, -0.1) is 0 Å². The maximum absolute atomic E-state index is 6.34. The van der Waals surface area contributed by atoms with Crippen molar-refractivity contribution in [1.29, 1.82) is 0 Å². The predicted octanol–water partition coefficient (Wildman–Crippen LogP) is 5.13. The molecule has 0 spiro atoms. The fourth-order valence-electron chi connectivity index (χ4n) is 2.19. The number of aryl methyl sites for hydroxylation is 1. The van der Waals surface area contributed by atoms with E-state index in [1.165, 1.54) is 30.9 Å². The van der Waals surface area contributed by atoms with E-state index >= 15 is 0 Å². The number of rotatable bonds is 7. The van der Waals surface area contributed by atoms with Gasteiger partial charge in [-0.2, -0.15) is 11.3 Å². The second kappa shape index (κ2) is 6.32. The fourth-order valence-corrected chi connectivity index (χ4v) is 11.0. The van der Waals surface area contributed by atoms with Gasteiger partial charge in [-0.3, -0.25) is 0 Å². The van der Waals surface area contributed by atoms with Gasteiger partial charge >= 0.3 is 0 Å². The first-order chi connectivity index (χ1) is 7.79. The fraction of sp³-hybridized carbons (Fsp3) is 0.692. The van der Waals surface area contributed by atoms with Gasteiger partial charge in [0, 0.05) is 0 Å². The number of thiophene rings is 1. The summed E-state index contributed by atoms with van der Waals surface area (Å²) in [5.74, 6) is 0. The van der Waals surface area contributed by atoms with Crippen LogP contribution < -0.4 is 0 Å². The van der Waals surface area contributed by atoms with Crippen LogP contribution in [0.25, 0.3) is 0 Å². The minimum Gasteiger partial charge on any atom is -0.456 e. The Kier molecular flexibility index (Phi) is 5.63. The molecule has 1 aromatic rings. The van der Waals surface area contributed by atoms with E-state index < -0.39 is 16.6 Å². The summed E-state index contributed by atoms with van der Waals surface area (Å²) in [5, 5.41) is 4.43. The van der Waals surface area contributed by atoms with Crippen LogP contribution in [-0.4, -0.2) is 16.6 Å². The zero-order valence-electron chi connectivity index (χ0n) is 11.9. The summed E-state index contributed by atoms with van der Waals surface area (Å²) in [5.41, 5.74) is 1.50. The highest BCUT2D eigenvalue weighted by molar-refractivity contribution is 7.07. The molecule has 1 rings (SSSR count). The molecule has 1 heterocycles. The molecular weight excluding hydrogens is 260 g/mol. The highest BCUT2D eigenvalue weighted by Gasteiger charge is 2.28. The van der Waals surface area contributed by atoms with Gasteiger partial charge in [0.1, 0.15) is 0 Å². The average Bonchev–Trinajstić information content (AvgIpc) is 2.60. The molecule has 0 aromatic carbocycles. The Morgan fingerprint density at radius 1 is 1.12 bits per heavy atom. The van der Waals surface area contributed by atoms with E-state index in [0.717, 1.165) is 0 Å². The van der Waals surface area contributed by atoms with Crippen LogP contribution in [0.3, 0.4) is 0 Å². The summed E-state index contributed by atoms with van der Waals surface area (Å²) in [7, 11) is -2.74. The molecule has 0 aliphatic heterocycles. The van der Waals surface area contributed by atoms with Gasteiger partial charge in [-0.25, -0.2) is 0 Å². The lowest BCUT2D eigenvalue weighted by Gasteiger charge is -2.31. The topological polar surface area (TPSA) is 9.23 Å². The minimum atomic E-state index is -1.40. The highest BCUT2D eigenvalue weighted by atomic mass is 32.1. The molecule has 0 N–H and O–H groups in total. The van der Waals surface area contributed by atoms with Crippen molar-refractivity contribution in [3.63, 3.8) is 0 Å². The minimum absolute atomic E-state index is 1.24. The Labute approximate surface area is 112 Å². The molecule has 98 valence electrons. The molecule has 0 atom stereocenters. The Bertz CT molecular complexity index is 315. The van der Waals surface area contributed by atoms with E-state index in [1.807, 2.05) is 0 Å². The maximum Gasteiger partial charge on any atom is 0.173 e. The Balaban J connectivity index is 2.21. The molecule has 0 fully saturated rings. The van der Waals surface area contributed by atoms with Gasteiger partial charge in [0.05, 0.1) is 0 Å². The first-order valence-corrected chi connectivity index (χ1v) is 14.0. The van der Waals surface area contributed by atoms with Gasteiger partial charge in [-0.05, 0) is 74.0 Å². The molecule has 0 bridgehead atoms. The zero-order chi connectivity index (χ0) is 12.9. The molecule has 0 saturated heterocycles. The lowest BCUT2D eigenvalue weighted by molar-refractivity contribution is 0.541. The quantitative estimate of drug-likeness (QED) is 0.499. The van der Waals surface area contributed by atoms with Gasteiger partial charge in [0.15, 0.2) is 16.6 Å². The Morgan fingerprint density at radius 3 is 2.35 bits per heavy atom. The summed E-state index contributed by atoms with van der Waals surface area (Å²) < 4.78 is 6.34. The van der Waals surface area contributed by atoms with E-state index in [-0.39, 0.29) is 0 Å². The molecule has 0 aliphatic rings. The number of unbranched alkanes of at least 4 members (excludes halogenated alkanes) is 1. The molecule has 1 aromatic heterocycles. The first kappa shape index (κ1) is 15.2. The Hall–Kier alpha value is 0.0938. The zero-order valence-corrected chi connectivity index (χ0v) is 14.7. The lowest BCUT2D eigenvalue weighted by atomic mass is 10.2. The smallest absolute Gasteiger partial charge is 0.173 e. The second-order valence-electron chi connectivity index (χ2n) is 6.31. The van der Waals surface area contributed by atoms with Gasteiger partial charge in [0.2, 0.25) is 0 Å². The van der Waals surface area contributed by atoms with Crippen molar-refractivity contribution in [2.45, 2.75) is 58.0 Å². The van der Waals surface area contributed by atoms with Crippen molar-refractivity contribution in [3.05, 3.63) is 22.4 Å². The van der Waals surface area contributed by atoms with Crippen LogP contribution in [0.2, 0.25) is 38.8 Å². The van der Waals surface area contributed by atoms with Crippen molar-refractivity contribution < 1.29 is 4.12 Å². The molecule has 4 heteroatoms. The normalized spacial score (nSPS) is 13.0. The van der Waals surface area contributed by atoms with E-state index in [4.69, 9.17) is 4.12 Å². The Morgan fingerprint density at radius 2 is 1.82 bits per heavy atom. The van der Waals surface area contributed by atoms with Crippen LogP contribution in [0.4, 0.5) is 0 Å². The summed E-state index contributed by atoms with van der Waals surface area (Å²) in [6.07, 6.45) is 3.86. The standard InChI is InChI=1S/C13H26OSSi2/c1-16(2,3)14-17(4,5)11-7-6-8-13-9-10-15-12-13/h9-10,12H,6-8,11H2,1-5H3. The third kappa shape index (κ3) is 7.18. The number of hydrogen-bond acceptors (Lipinski definition) is 2. The first-order valence-electron chi connectivity index (χ1n) is 6.50. The monoisotopic (exact) mass is 286 g/mol. The molecular formula is C13H26OSSi2. The van der Waals surface area contributed by atoms with Gasteiger partial charge < -0.3 is 4.12 Å². The molecule has 0 unspecified atom stereocenters. The van der Waals surface area contributed by atoms with Crippen LogP contribution >= 0.6 is 11.3 Å². The van der Waals surface area contributed by atoms with Crippen molar-refractivity contribution in [2.75, 3.05) is 0 Å². The van der Waals surface area contributed by atoms with Gasteiger partial charge in [-0.1, -0.05) is 6.42 Å². The number of hydrogen-bond donors (Lipinski definition) is 0. The largest absolute Gasteiger partial charge is 0.456 e. The van der Waals surface area contributed by atoms with Gasteiger partial charge in [0.25, 0.3) is 0 Å². The third-order valence-corrected chi connectivity index (χ3v) is 9.61. The van der Waals surface area contributed by atoms with Crippen molar-refractivity contribution in [3.8, 4) is 0 Å². The van der Waals surface area contributed by atoms with E-state index in [9.17, 15) is 0 Å². The predicted molar refractivity (Wildman–Crippen MR) is 84.0 cm³/mol. The van der Waals surface area contributed by atoms with Crippen LogP contribution in [0.15, 0.2) is 16.8 Å². The molecule has 0 radical (unpaired) electrons. The van der Waals surface area contributed by atoms with Crippen molar-refractivity contribution in [1.82, 2.24) is 0 Å². The SMILES string of the molecule is C[Si](C)(C)O[Si](C)(C)CCCCc1ccsc1. The van der Waals surface area contributed by atoms with Crippen LogP contribution in [-0.2, 0) is 10.5 Å². The summed E-state index contributed by atoms with van der Waals surface area (Å²) >= 11 is 1.80.